The second kappa shape index (κ2) is 6.37. The number of carbonyl (C=O) groups excluding carboxylic acids is 1. The average Bonchev–Trinajstić information content (AvgIpc) is 2.54. The molecule has 0 aromatic heterocycles. The molecule has 0 heterocycles. The number of rotatable bonds is 4. The second-order valence-electron chi connectivity index (χ2n) is 4.44. The number of hydrogen-bond donors (Lipinski definition) is 0. The van der Waals surface area contributed by atoms with Gasteiger partial charge in [-0.25, -0.2) is 13.2 Å². The first-order valence-corrected chi connectivity index (χ1v) is 8.11. The molecule has 2 aromatic carbocycles. The van der Waals surface area contributed by atoms with E-state index in [0.29, 0.717) is 0 Å². The predicted molar refractivity (Wildman–Crippen MR) is 84.8 cm³/mol. The van der Waals surface area contributed by atoms with E-state index in [2.05, 4.69) is 4.74 Å². The number of hydrogen-bond acceptors (Lipinski definition) is 4. The van der Waals surface area contributed by atoms with Gasteiger partial charge in [0.15, 0.2) is 0 Å². The highest BCUT2D eigenvalue weighted by atomic mass is 35.5. The Kier molecular flexibility index (Phi) is 4.73. The highest BCUT2D eigenvalue weighted by molar-refractivity contribution is 7.92. The van der Waals surface area contributed by atoms with Crippen LogP contribution in [0.2, 0.25) is 5.02 Å². The fourth-order valence-corrected chi connectivity index (χ4v) is 3.40. The van der Waals surface area contributed by atoms with E-state index >= 15 is 0 Å². The number of benzene rings is 2. The van der Waals surface area contributed by atoms with Crippen LogP contribution in [0.3, 0.4) is 0 Å². The number of anilines is 1. The van der Waals surface area contributed by atoms with Crippen molar-refractivity contribution >= 4 is 33.3 Å². The lowest BCUT2D eigenvalue weighted by molar-refractivity contribution is 0.0601. The Labute approximate surface area is 134 Å². The molecule has 0 aliphatic rings. The zero-order valence-corrected chi connectivity index (χ0v) is 13.6. The molecule has 0 unspecified atom stereocenters. The molecule has 0 saturated carbocycles. The van der Waals surface area contributed by atoms with Crippen molar-refractivity contribution in [3.8, 4) is 0 Å². The predicted octanol–water partition coefficient (Wildman–Crippen LogP) is 2.95. The summed E-state index contributed by atoms with van der Waals surface area (Å²) in [5.41, 5.74) is 0.422. The van der Waals surface area contributed by atoms with E-state index in [0.717, 1.165) is 4.31 Å². The summed E-state index contributed by atoms with van der Waals surface area (Å²) >= 11 is 6.07. The molecule has 22 heavy (non-hydrogen) atoms. The minimum Gasteiger partial charge on any atom is -0.465 e. The minimum absolute atomic E-state index is 0.136. The van der Waals surface area contributed by atoms with Crippen LogP contribution in [0.25, 0.3) is 0 Å². The summed E-state index contributed by atoms with van der Waals surface area (Å²) in [7, 11) is -1.14. The van der Waals surface area contributed by atoms with Gasteiger partial charge in [0.1, 0.15) is 0 Å². The molecule has 0 spiro atoms. The molecule has 2 aromatic rings. The van der Waals surface area contributed by atoms with Crippen LogP contribution in [0.4, 0.5) is 5.69 Å². The number of ether oxygens (including phenoxy) is 1. The number of methoxy groups -OCH3 is 1. The first kappa shape index (κ1) is 16.3. The van der Waals surface area contributed by atoms with Crippen molar-refractivity contribution in [2.75, 3.05) is 18.5 Å². The summed E-state index contributed by atoms with van der Waals surface area (Å²) in [6.07, 6.45) is 0. The smallest absolute Gasteiger partial charge is 0.337 e. The molecule has 0 atom stereocenters. The summed E-state index contributed by atoms with van der Waals surface area (Å²) in [6.45, 7) is 0. The van der Waals surface area contributed by atoms with Crippen molar-refractivity contribution in [3.05, 3.63) is 59.1 Å². The number of halogens is 1. The summed E-state index contributed by atoms with van der Waals surface area (Å²) in [4.78, 5) is 11.7. The maximum absolute atomic E-state index is 12.6. The SMILES string of the molecule is COC(=O)c1ccc(Cl)c(N(C)S(=O)(=O)c2ccccc2)c1. The Morgan fingerprint density at radius 2 is 1.77 bits per heavy atom. The van der Waals surface area contributed by atoms with Gasteiger partial charge in [0.05, 0.1) is 28.3 Å². The summed E-state index contributed by atoms with van der Waals surface area (Å²) in [6, 6.07) is 12.3. The van der Waals surface area contributed by atoms with E-state index in [4.69, 9.17) is 11.6 Å². The lowest BCUT2D eigenvalue weighted by Crippen LogP contribution is -2.27. The van der Waals surface area contributed by atoms with E-state index in [-0.39, 0.29) is 21.2 Å². The van der Waals surface area contributed by atoms with Crippen LogP contribution in [0.15, 0.2) is 53.4 Å². The van der Waals surface area contributed by atoms with Gasteiger partial charge in [0.25, 0.3) is 10.0 Å². The largest absolute Gasteiger partial charge is 0.465 e. The third-order valence-electron chi connectivity index (χ3n) is 3.11. The Morgan fingerprint density at radius 3 is 2.36 bits per heavy atom. The van der Waals surface area contributed by atoms with E-state index < -0.39 is 16.0 Å². The molecule has 0 aliphatic carbocycles. The number of nitrogens with zero attached hydrogens (tertiary/aromatic N) is 1. The van der Waals surface area contributed by atoms with Crippen LogP contribution in [0.5, 0.6) is 0 Å². The molecule has 0 aliphatic heterocycles. The number of esters is 1. The van der Waals surface area contributed by atoms with Crippen molar-refractivity contribution in [1.82, 2.24) is 0 Å². The minimum atomic E-state index is -3.77. The molecule has 116 valence electrons. The average molecular weight is 340 g/mol. The first-order valence-electron chi connectivity index (χ1n) is 6.30. The van der Waals surface area contributed by atoms with Gasteiger partial charge in [-0.15, -0.1) is 0 Å². The molecular formula is C15H14ClNO4S. The Bertz CT molecular complexity index is 790. The molecule has 0 radical (unpaired) electrons. The van der Waals surface area contributed by atoms with E-state index in [9.17, 15) is 13.2 Å². The lowest BCUT2D eigenvalue weighted by atomic mass is 10.2. The zero-order valence-electron chi connectivity index (χ0n) is 12.0. The van der Waals surface area contributed by atoms with Gasteiger partial charge in [-0.2, -0.15) is 0 Å². The fraction of sp³-hybridized carbons (Fsp3) is 0.133. The van der Waals surface area contributed by atoms with E-state index in [1.807, 2.05) is 0 Å². The third kappa shape index (κ3) is 3.08. The van der Waals surface area contributed by atoms with Gasteiger partial charge in [-0.3, -0.25) is 4.31 Å². The number of carbonyl (C=O) groups is 1. The van der Waals surface area contributed by atoms with E-state index in [1.54, 1.807) is 18.2 Å². The van der Waals surface area contributed by atoms with Gasteiger partial charge >= 0.3 is 5.97 Å². The Hall–Kier alpha value is -2.05. The summed E-state index contributed by atoms with van der Waals surface area (Å²) in [5.74, 6) is -0.566. The van der Waals surface area contributed by atoms with Crippen LogP contribution in [0.1, 0.15) is 10.4 Å². The summed E-state index contributed by atoms with van der Waals surface area (Å²) < 4.78 is 30.8. The third-order valence-corrected chi connectivity index (χ3v) is 5.21. The monoisotopic (exact) mass is 339 g/mol. The van der Waals surface area contributed by atoms with Crippen LogP contribution < -0.4 is 4.31 Å². The second-order valence-corrected chi connectivity index (χ2v) is 6.82. The first-order chi connectivity index (χ1) is 10.4. The molecule has 2 rings (SSSR count). The van der Waals surface area contributed by atoms with Crippen molar-refractivity contribution in [1.29, 1.82) is 0 Å². The molecule has 7 heteroatoms. The van der Waals surface area contributed by atoms with Crippen molar-refractivity contribution < 1.29 is 17.9 Å². The molecule has 0 bridgehead atoms. The van der Waals surface area contributed by atoms with Crippen LogP contribution >= 0.6 is 11.6 Å². The molecule has 0 saturated heterocycles. The van der Waals surface area contributed by atoms with Gasteiger partial charge in [0, 0.05) is 7.05 Å². The van der Waals surface area contributed by atoms with Crippen LogP contribution in [-0.2, 0) is 14.8 Å². The maximum Gasteiger partial charge on any atom is 0.337 e. The van der Waals surface area contributed by atoms with Crippen molar-refractivity contribution in [2.45, 2.75) is 4.90 Å². The molecule has 5 nitrogen and oxygen atoms in total. The van der Waals surface area contributed by atoms with Crippen molar-refractivity contribution in [3.63, 3.8) is 0 Å². The van der Waals surface area contributed by atoms with Crippen molar-refractivity contribution in [2.24, 2.45) is 0 Å². The normalized spacial score (nSPS) is 11.0. The van der Waals surface area contributed by atoms with E-state index in [1.165, 1.54) is 44.5 Å². The Morgan fingerprint density at radius 1 is 1.14 bits per heavy atom. The Balaban J connectivity index is 2.49. The van der Waals surface area contributed by atoms with Crippen LogP contribution in [0, 0.1) is 0 Å². The molecule has 0 fully saturated rings. The fourth-order valence-electron chi connectivity index (χ4n) is 1.88. The number of sulfonamides is 1. The lowest BCUT2D eigenvalue weighted by Gasteiger charge is -2.21. The highest BCUT2D eigenvalue weighted by Gasteiger charge is 2.23. The van der Waals surface area contributed by atoms with Gasteiger partial charge < -0.3 is 4.74 Å². The van der Waals surface area contributed by atoms with Crippen LogP contribution in [-0.4, -0.2) is 28.5 Å². The quantitative estimate of drug-likeness (QED) is 0.803. The summed E-state index contributed by atoms with van der Waals surface area (Å²) in [5, 5.41) is 0.217. The standard InChI is InChI=1S/C15H14ClNO4S/c1-17(22(19,20)12-6-4-3-5-7-12)14-10-11(15(18)21-2)8-9-13(14)16/h3-10H,1-2H3. The molecular weight excluding hydrogens is 326 g/mol. The van der Waals surface area contributed by atoms with Gasteiger partial charge in [0.2, 0.25) is 0 Å². The zero-order chi connectivity index (χ0) is 16.3. The highest BCUT2D eigenvalue weighted by Crippen LogP contribution is 2.30. The maximum atomic E-state index is 12.6. The molecule has 0 N–H and O–H groups in total. The topological polar surface area (TPSA) is 63.7 Å². The van der Waals surface area contributed by atoms with Gasteiger partial charge in [-0.05, 0) is 30.3 Å². The molecule has 0 amide bonds. The van der Waals surface area contributed by atoms with Gasteiger partial charge in [-0.1, -0.05) is 29.8 Å².